The number of pyridine rings is 2. The minimum Gasteiger partial charge on any atom is -0.507 e. The molecule has 0 atom stereocenters. The first-order chi connectivity index (χ1) is 22.8. The molecule has 0 saturated heterocycles. The van der Waals surface area contributed by atoms with Gasteiger partial charge in [-0.1, -0.05) is 87.5 Å². The van der Waals surface area contributed by atoms with Crippen LogP contribution in [0.15, 0.2) is 139 Å². The number of aromatic hydroxyl groups is 1. The van der Waals surface area contributed by atoms with Gasteiger partial charge in [0.2, 0.25) is 0 Å². The first-order valence-electron chi connectivity index (χ1n) is 15.8. The second-order valence-electron chi connectivity index (χ2n) is 12.9. The third-order valence-corrected chi connectivity index (χ3v) is 9.75. The van der Waals surface area contributed by atoms with Gasteiger partial charge in [0.1, 0.15) is 5.75 Å². The standard InChI is InChI=1S/C42H33N3OS/c1-42(2,3)30-19-21-43-34(26-30)27-11-10-12-28(23-27)35-24-29(25-36(44-35)32-14-6-9-18-40(32)46)31-13-4-7-16-37(31)45-38-17-8-5-15-33(38)41-39(45)20-22-47-41/h4-26,46H,1-3H3. The van der Waals surface area contributed by atoms with Crippen molar-refractivity contribution in [3.8, 4) is 56.3 Å². The van der Waals surface area contributed by atoms with E-state index in [2.05, 4.69) is 134 Å². The van der Waals surface area contributed by atoms with E-state index in [1.165, 1.54) is 26.7 Å². The summed E-state index contributed by atoms with van der Waals surface area (Å²) >= 11 is 1.77. The minimum atomic E-state index is 0.0187. The predicted octanol–water partition coefficient (Wildman–Crippen LogP) is 11.3. The molecule has 0 fully saturated rings. The zero-order chi connectivity index (χ0) is 32.1. The van der Waals surface area contributed by atoms with Gasteiger partial charge in [-0.15, -0.1) is 11.3 Å². The van der Waals surface area contributed by atoms with Gasteiger partial charge in [0.05, 0.1) is 38.5 Å². The first kappa shape index (κ1) is 28.9. The van der Waals surface area contributed by atoms with E-state index in [1.807, 2.05) is 24.4 Å². The topological polar surface area (TPSA) is 50.9 Å². The Kier molecular flexibility index (Phi) is 7.00. The molecule has 0 radical (unpaired) electrons. The Morgan fingerprint density at radius 2 is 1.34 bits per heavy atom. The highest BCUT2D eigenvalue weighted by Gasteiger charge is 2.19. The lowest BCUT2D eigenvalue weighted by molar-refractivity contribution is 0.477. The largest absolute Gasteiger partial charge is 0.507 e. The Labute approximate surface area is 278 Å². The highest BCUT2D eigenvalue weighted by Crippen LogP contribution is 2.40. The van der Waals surface area contributed by atoms with Gasteiger partial charge in [-0.3, -0.25) is 4.98 Å². The summed E-state index contributed by atoms with van der Waals surface area (Å²) in [5, 5.41) is 14.3. The zero-order valence-electron chi connectivity index (χ0n) is 26.5. The molecule has 0 aliphatic rings. The van der Waals surface area contributed by atoms with Crippen molar-refractivity contribution in [1.29, 1.82) is 0 Å². The fraction of sp³-hybridized carbons (Fsp3) is 0.0952. The third-order valence-electron chi connectivity index (χ3n) is 8.82. The fourth-order valence-corrected chi connectivity index (χ4v) is 7.31. The van der Waals surface area contributed by atoms with Gasteiger partial charge in [0, 0.05) is 33.8 Å². The number of nitrogens with zero attached hydrogens (tertiary/aromatic N) is 3. The van der Waals surface area contributed by atoms with Crippen molar-refractivity contribution in [3.63, 3.8) is 0 Å². The summed E-state index contributed by atoms with van der Waals surface area (Å²) in [6, 6.07) is 43.7. The molecular weight excluding hydrogens is 595 g/mol. The summed E-state index contributed by atoms with van der Waals surface area (Å²) < 4.78 is 3.65. The smallest absolute Gasteiger partial charge is 0.124 e. The molecule has 0 unspecified atom stereocenters. The average Bonchev–Trinajstić information content (AvgIpc) is 3.69. The Morgan fingerprint density at radius 1 is 0.617 bits per heavy atom. The van der Waals surface area contributed by atoms with Gasteiger partial charge in [0.15, 0.2) is 0 Å². The number of benzene rings is 4. The van der Waals surface area contributed by atoms with Gasteiger partial charge >= 0.3 is 0 Å². The Morgan fingerprint density at radius 3 is 2.17 bits per heavy atom. The van der Waals surface area contributed by atoms with Crippen molar-refractivity contribution in [3.05, 3.63) is 145 Å². The third kappa shape index (κ3) is 5.19. The molecule has 1 N–H and O–H groups in total. The predicted molar refractivity (Wildman–Crippen MR) is 196 cm³/mol. The molecular formula is C42H33N3OS. The first-order valence-corrected chi connectivity index (χ1v) is 16.7. The number of phenols is 1. The molecule has 47 heavy (non-hydrogen) atoms. The SMILES string of the molecule is CC(C)(C)c1ccnc(-c2cccc(-c3cc(-c4ccccc4-n4c5ccccc5c5sccc54)cc(-c4ccccc4O)n3)c2)c1. The molecule has 0 bridgehead atoms. The molecule has 4 heterocycles. The van der Waals surface area contributed by atoms with E-state index in [1.54, 1.807) is 17.4 Å². The minimum absolute atomic E-state index is 0.0187. The second-order valence-corrected chi connectivity index (χ2v) is 13.8. The lowest BCUT2D eigenvalue weighted by atomic mass is 9.87. The molecule has 5 heteroatoms. The lowest BCUT2D eigenvalue weighted by Gasteiger charge is -2.19. The summed E-state index contributed by atoms with van der Waals surface area (Å²) in [7, 11) is 0. The van der Waals surface area contributed by atoms with Gasteiger partial charge in [0.25, 0.3) is 0 Å². The number of fused-ring (bicyclic) bond motifs is 3. The summed E-state index contributed by atoms with van der Waals surface area (Å²) in [6.07, 6.45) is 1.89. The molecule has 0 amide bonds. The number of hydrogen-bond acceptors (Lipinski definition) is 4. The van der Waals surface area contributed by atoms with Crippen molar-refractivity contribution in [2.24, 2.45) is 0 Å². The van der Waals surface area contributed by atoms with Crippen LogP contribution in [0.1, 0.15) is 26.3 Å². The van der Waals surface area contributed by atoms with Crippen LogP contribution in [0.5, 0.6) is 5.75 Å². The van der Waals surface area contributed by atoms with Crippen molar-refractivity contribution in [2.75, 3.05) is 0 Å². The maximum atomic E-state index is 10.9. The molecule has 228 valence electrons. The van der Waals surface area contributed by atoms with Crippen LogP contribution < -0.4 is 0 Å². The van der Waals surface area contributed by atoms with Crippen LogP contribution in [-0.2, 0) is 5.41 Å². The van der Waals surface area contributed by atoms with Crippen LogP contribution in [0.3, 0.4) is 0 Å². The average molecular weight is 628 g/mol. The summed E-state index contributed by atoms with van der Waals surface area (Å²) in [5.74, 6) is 0.199. The number of rotatable bonds is 5. The molecule has 0 aliphatic carbocycles. The Balaban J connectivity index is 1.34. The Bertz CT molecular complexity index is 2430. The van der Waals surface area contributed by atoms with E-state index in [0.717, 1.165) is 39.3 Å². The summed E-state index contributed by atoms with van der Waals surface area (Å²) in [6.45, 7) is 6.66. The number of para-hydroxylation sites is 3. The molecule has 4 aromatic carbocycles. The van der Waals surface area contributed by atoms with E-state index in [9.17, 15) is 5.11 Å². The van der Waals surface area contributed by atoms with Crippen LogP contribution in [0, 0.1) is 0 Å². The number of hydrogen-bond donors (Lipinski definition) is 1. The van der Waals surface area contributed by atoms with Gasteiger partial charge in [-0.2, -0.15) is 0 Å². The second kappa shape index (κ2) is 11.4. The monoisotopic (exact) mass is 627 g/mol. The quantitative estimate of drug-likeness (QED) is 0.207. The van der Waals surface area contributed by atoms with Gasteiger partial charge < -0.3 is 9.67 Å². The maximum absolute atomic E-state index is 10.9. The highest BCUT2D eigenvalue weighted by molar-refractivity contribution is 7.18. The maximum Gasteiger partial charge on any atom is 0.124 e. The zero-order valence-corrected chi connectivity index (χ0v) is 27.3. The normalized spacial score (nSPS) is 11.8. The number of thiophene rings is 1. The van der Waals surface area contributed by atoms with Crippen LogP contribution in [0.2, 0.25) is 0 Å². The van der Waals surface area contributed by atoms with Crippen molar-refractivity contribution in [2.45, 2.75) is 26.2 Å². The van der Waals surface area contributed by atoms with E-state index in [4.69, 9.17) is 9.97 Å². The van der Waals surface area contributed by atoms with Crippen LogP contribution in [-0.4, -0.2) is 19.6 Å². The van der Waals surface area contributed by atoms with Crippen LogP contribution in [0.25, 0.3) is 71.7 Å². The lowest BCUT2D eigenvalue weighted by Crippen LogP contribution is -2.11. The van der Waals surface area contributed by atoms with Crippen LogP contribution >= 0.6 is 11.3 Å². The van der Waals surface area contributed by atoms with E-state index in [0.29, 0.717) is 11.3 Å². The highest BCUT2D eigenvalue weighted by atomic mass is 32.1. The molecule has 0 aliphatic heterocycles. The van der Waals surface area contributed by atoms with Gasteiger partial charge in [-0.05, 0) is 82.6 Å². The Hall–Kier alpha value is -5.52. The molecule has 0 saturated carbocycles. The molecule has 0 spiro atoms. The van der Waals surface area contributed by atoms with Crippen molar-refractivity contribution < 1.29 is 5.11 Å². The summed E-state index contributed by atoms with van der Waals surface area (Å²) in [4.78, 5) is 9.88. The van der Waals surface area contributed by atoms with Crippen molar-refractivity contribution in [1.82, 2.24) is 14.5 Å². The number of phenolic OH excluding ortho intramolecular Hbond substituents is 1. The van der Waals surface area contributed by atoms with Crippen molar-refractivity contribution >= 4 is 32.5 Å². The molecule has 8 aromatic rings. The molecule has 8 rings (SSSR count). The fourth-order valence-electron chi connectivity index (χ4n) is 6.40. The number of aromatic nitrogens is 3. The molecule has 4 aromatic heterocycles. The molecule has 4 nitrogen and oxygen atoms in total. The van der Waals surface area contributed by atoms with E-state index >= 15 is 0 Å². The van der Waals surface area contributed by atoms with E-state index in [-0.39, 0.29) is 11.2 Å². The van der Waals surface area contributed by atoms with Crippen LogP contribution in [0.4, 0.5) is 0 Å². The van der Waals surface area contributed by atoms with E-state index < -0.39 is 0 Å². The summed E-state index contributed by atoms with van der Waals surface area (Å²) in [5.41, 5.74) is 12.0. The van der Waals surface area contributed by atoms with Gasteiger partial charge in [-0.25, -0.2) is 4.98 Å².